The number of piperidine rings is 2. The maximum absolute atomic E-state index is 13.7. The molecule has 5 heteroatoms. The average molecular weight is 462 g/mol. The smallest absolute Gasteiger partial charge is 0.256 e. The lowest BCUT2D eigenvalue weighted by molar-refractivity contribution is -0.117. The summed E-state index contributed by atoms with van der Waals surface area (Å²) in [4.78, 5) is 31.2. The van der Waals surface area contributed by atoms with E-state index in [1.54, 1.807) is 0 Å². The fourth-order valence-corrected chi connectivity index (χ4v) is 5.18. The van der Waals surface area contributed by atoms with Crippen LogP contribution in [0.15, 0.2) is 48.5 Å². The van der Waals surface area contributed by atoms with Crippen LogP contribution in [-0.4, -0.2) is 42.9 Å². The zero-order valence-electron chi connectivity index (χ0n) is 20.9. The van der Waals surface area contributed by atoms with Gasteiger partial charge in [-0.1, -0.05) is 51.1 Å². The Morgan fingerprint density at radius 3 is 2.15 bits per heavy atom. The van der Waals surface area contributed by atoms with E-state index < -0.39 is 0 Å². The summed E-state index contributed by atoms with van der Waals surface area (Å²) in [6.45, 7) is 10.1. The van der Waals surface area contributed by atoms with Crippen LogP contribution in [-0.2, 0) is 4.79 Å². The van der Waals surface area contributed by atoms with Crippen molar-refractivity contribution in [2.75, 3.05) is 36.4 Å². The minimum Gasteiger partial charge on any atom is -0.371 e. The van der Waals surface area contributed by atoms with Gasteiger partial charge in [-0.25, -0.2) is 0 Å². The highest BCUT2D eigenvalue weighted by Gasteiger charge is 2.27. The van der Waals surface area contributed by atoms with Crippen molar-refractivity contribution in [3.8, 4) is 0 Å². The van der Waals surface area contributed by atoms with E-state index in [1.165, 1.54) is 0 Å². The van der Waals surface area contributed by atoms with Gasteiger partial charge in [0.2, 0.25) is 5.91 Å². The molecule has 0 radical (unpaired) electrons. The van der Waals surface area contributed by atoms with Crippen molar-refractivity contribution in [2.24, 2.45) is 11.8 Å². The van der Waals surface area contributed by atoms with Crippen molar-refractivity contribution in [2.45, 2.75) is 58.8 Å². The fraction of sp³-hybridized carbons (Fsp3) is 0.517. The van der Waals surface area contributed by atoms with Gasteiger partial charge in [0.15, 0.2) is 0 Å². The Kier molecular flexibility index (Phi) is 7.91. The standard InChI is InChI=1S/C29H39N3O2/c1-4-25(23-8-6-5-7-9-23)28(33)30-24-10-11-27(31-16-12-21(2)13-17-31)26(20-24)29(34)32-18-14-22(3)15-19-32/h5-11,20-22,25H,4,12-19H2,1-3H3,(H,30,33). The van der Waals surface area contributed by atoms with Crippen LogP contribution in [0.4, 0.5) is 11.4 Å². The van der Waals surface area contributed by atoms with E-state index >= 15 is 0 Å². The van der Waals surface area contributed by atoms with Gasteiger partial charge >= 0.3 is 0 Å². The van der Waals surface area contributed by atoms with E-state index in [1.807, 2.05) is 60.4 Å². The zero-order valence-corrected chi connectivity index (χ0v) is 20.9. The first-order chi connectivity index (χ1) is 16.5. The molecule has 2 aromatic rings. The van der Waals surface area contributed by atoms with E-state index in [0.29, 0.717) is 11.6 Å². The molecule has 2 aromatic carbocycles. The number of hydrogen-bond acceptors (Lipinski definition) is 3. The van der Waals surface area contributed by atoms with E-state index in [4.69, 9.17) is 0 Å². The average Bonchev–Trinajstić information content (AvgIpc) is 2.86. The first-order valence-corrected chi connectivity index (χ1v) is 13.0. The van der Waals surface area contributed by atoms with Crippen LogP contribution in [0.2, 0.25) is 0 Å². The number of amides is 2. The number of rotatable bonds is 6. The molecule has 1 unspecified atom stereocenters. The molecule has 0 spiro atoms. The van der Waals surface area contributed by atoms with Crippen LogP contribution >= 0.6 is 0 Å². The number of carbonyl (C=O) groups excluding carboxylic acids is 2. The number of likely N-dealkylation sites (tertiary alicyclic amines) is 1. The van der Waals surface area contributed by atoms with Crippen LogP contribution in [0.25, 0.3) is 0 Å². The number of nitrogens with one attached hydrogen (secondary N) is 1. The molecule has 2 heterocycles. The second-order valence-electron chi connectivity index (χ2n) is 10.2. The van der Waals surface area contributed by atoms with Gasteiger partial charge in [0.05, 0.1) is 11.5 Å². The summed E-state index contributed by atoms with van der Waals surface area (Å²) in [5.41, 5.74) is 3.43. The van der Waals surface area contributed by atoms with Crippen LogP contribution in [0.1, 0.15) is 74.7 Å². The minimum atomic E-state index is -0.216. The number of benzene rings is 2. The minimum absolute atomic E-state index is 0.0292. The van der Waals surface area contributed by atoms with Crippen LogP contribution in [0, 0.1) is 11.8 Å². The van der Waals surface area contributed by atoms with E-state index in [2.05, 4.69) is 24.1 Å². The first-order valence-electron chi connectivity index (χ1n) is 13.0. The second kappa shape index (κ2) is 11.1. The van der Waals surface area contributed by atoms with Gasteiger partial charge in [0.25, 0.3) is 5.91 Å². The number of anilines is 2. The van der Waals surface area contributed by atoms with E-state index in [-0.39, 0.29) is 17.7 Å². The Balaban J connectivity index is 1.59. The summed E-state index contributed by atoms with van der Waals surface area (Å²) in [5.74, 6) is 1.24. The van der Waals surface area contributed by atoms with Crippen molar-refractivity contribution in [3.05, 3.63) is 59.7 Å². The molecular formula is C29H39N3O2. The van der Waals surface area contributed by atoms with Crippen LogP contribution in [0.5, 0.6) is 0 Å². The highest BCUT2D eigenvalue weighted by Crippen LogP contribution is 2.31. The lowest BCUT2D eigenvalue weighted by Crippen LogP contribution is -2.40. The third-order valence-electron chi connectivity index (χ3n) is 7.62. The molecule has 34 heavy (non-hydrogen) atoms. The van der Waals surface area contributed by atoms with Crippen molar-refractivity contribution < 1.29 is 9.59 Å². The second-order valence-corrected chi connectivity index (χ2v) is 10.2. The quantitative estimate of drug-likeness (QED) is 0.580. The maximum Gasteiger partial charge on any atom is 0.256 e. The molecule has 4 rings (SSSR count). The number of nitrogens with zero attached hydrogens (tertiary/aromatic N) is 2. The SMILES string of the molecule is CCC(C(=O)Nc1ccc(N2CCC(C)CC2)c(C(=O)N2CCC(C)CC2)c1)c1ccccc1. The summed E-state index contributed by atoms with van der Waals surface area (Å²) in [6.07, 6.45) is 5.10. The molecule has 0 aromatic heterocycles. The van der Waals surface area contributed by atoms with Gasteiger partial charge in [-0.2, -0.15) is 0 Å². The summed E-state index contributed by atoms with van der Waals surface area (Å²) < 4.78 is 0. The molecule has 2 aliphatic rings. The Hall–Kier alpha value is -2.82. The summed E-state index contributed by atoms with van der Waals surface area (Å²) >= 11 is 0. The van der Waals surface area contributed by atoms with Gasteiger partial charge in [-0.05, 0) is 67.7 Å². The van der Waals surface area contributed by atoms with Crippen molar-refractivity contribution in [3.63, 3.8) is 0 Å². The molecule has 2 fully saturated rings. The van der Waals surface area contributed by atoms with E-state index in [9.17, 15) is 9.59 Å². The van der Waals surface area contributed by atoms with Crippen molar-refractivity contribution in [1.82, 2.24) is 4.90 Å². The fourth-order valence-electron chi connectivity index (χ4n) is 5.18. The third-order valence-corrected chi connectivity index (χ3v) is 7.62. The molecule has 0 saturated carbocycles. The molecule has 2 aliphatic heterocycles. The molecule has 1 atom stereocenters. The normalized spacial score (nSPS) is 18.6. The van der Waals surface area contributed by atoms with Gasteiger partial charge in [0, 0.05) is 37.6 Å². The van der Waals surface area contributed by atoms with Gasteiger partial charge in [-0.15, -0.1) is 0 Å². The summed E-state index contributed by atoms with van der Waals surface area (Å²) in [6, 6.07) is 15.8. The van der Waals surface area contributed by atoms with Crippen molar-refractivity contribution >= 4 is 23.2 Å². The van der Waals surface area contributed by atoms with Crippen LogP contribution < -0.4 is 10.2 Å². The number of carbonyl (C=O) groups is 2. The lowest BCUT2D eigenvalue weighted by atomic mass is 9.95. The highest BCUT2D eigenvalue weighted by molar-refractivity contribution is 6.03. The third kappa shape index (κ3) is 5.63. The van der Waals surface area contributed by atoms with Crippen LogP contribution in [0.3, 0.4) is 0 Å². The maximum atomic E-state index is 13.7. The molecule has 2 saturated heterocycles. The molecular weight excluding hydrogens is 422 g/mol. The monoisotopic (exact) mass is 461 g/mol. The Labute approximate surface area is 204 Å². The summed E-state index contributed by atoms with van der Waals surface area (Å²) in [5, 5.41) is 3.11. The topological polar surface area (TPSA) is 52.7 Å². The summed E-state index contributed by atoms with van der Waals surface area (Å²) in [7, 11) is 0. The van der Waals surface area contributed by atoms with Gasteiger partial charge in [-0.3, -0.25) is 9.59 Å². The van der Waals surface area contributed by atoms with Crippen molar-refractivity contribution in [1.29, 1.82) is 0 Å². The zero-order chi connectivity index (χ0) is 24.1. The van der Waals surface area contributed by atoms with Gasteiger partial charge < -0.3 is 15.1 Å². The lowest BCUT2D eigenvalue weighted by Gasteiger charge is -2.35. The number of hydrogen-bond donors (Lipinski definition) is 1. The Morgan fingerprint density at radius 1 is 0.912 bits per heavy atom. The molecule has 2 amide bonds. The first kappa shape index (κ1) is 24.3. The predicted octanol–water partition coefficient (Wildman–Crippen LogP) is 5.93. The largest absolute Gasteiger partial charge is 0.371 e. The molecule has 182 valence electrons. The molecule has 0 aliphatic carbocycles. The molecule has 0 bridgehead atoms. The Bertz CT molecular complexity index is 974. The molecule has 5 nitrogen and oxygen atoms in total. The molecule has 1 N–H and O–H groups in total. The van der Waals surface area contributed by atoms with Gasteiger partial charge in [0.1, 0.15) is 0 Å². The predicted molar refractivity (Wildman–Crippen MR) is 139 cm³/mol. The Morgan fingerprint density at radius 2 is 1.53 bits per heavy atom. The highest BCUT2D eigenvalue weighted by atomic mass is 16.2. The van der Waals surface area contributed by atoms with E-state index in [0.717, 1.165) is 81.0 Å².